The quantitative estimate of drug-likeness (QED) is 0.733. The van der Waals surface area contributed by atoms with Gasteiger partial charge in [-0.3, -0.25) is 0 Å². The third kappa shape index (κ3) is 3.16. The van der Waals surface area contributed by atoms with Crippen LogP contribution in [0.3, 0.4) is 0 Å². The van der Waals surface area contributed by atoms with Crippen LogP contribution in [-0.4, -0.2) is 41.9 Å². The number of nitrogens with two attached hydrogens (primary N) is 1. The highest BCUT2D eigenvalue weighted by molar-refractivity contribution is 5.68. The molecule has 1 atom stereocenters. The summed E-state index contributed by atoms with van der Waals surface area (Å²) in [6, 6.07) is 2.23. The lowest BCUT2D eigenvalue weighted by atomic mass is 9.87. The van der Waals surface area contributed by atoms with Gasteiger partial charge in [-0.25, -0.2) is 14.4 Å². The highest BCUT2D eigenvalue weighted by atomic mass is 19.4. The summed E-state index contributed by atoms with van der Waals surface area (Å²) < 4.78 is 88.4. The van der Waals surface area contributed by atoms with Crippen molar-refractivity contribution < 1.29 is 31.1 Å². The summed E-state index contributed by atoms with van der Waals surface area (Å²) in [7, 11) is 0. The van der Waals surface area contributed by atoms with Crippen LogP contribution >= 0.6 is 0 Å². The summed E-state index contributed by atoms with van der Waals surface area (Å²) in [5.41, 5.74) is 5.08. The van der Waals surface area contributed by atoms with Gasteiger partial charge in [0.05, 0.1) is 24.4 Å². The molecule has 1 aliphatic carbocycles. The summed E-state index contributed by atoms with van der Waals surface area (Å²) >= 11 is 0. The van der Waals surface area contributed by atoms with Crippen molar-refractivity contribution in [3.05, 3.63) is 40.8 Å². The molecule has 31 heavy (non-hydrogen) atoms. The molecule has 2 N–H and O–H groups in total. The van der Waals surface area contributed by atoms with E-state index in [0.717, 1.165) is 11.0 Å². The van der Waals surface area contributed by atoms with Crippen LogP contribution in [-0.2, 0) is 22.6 Å². The maximum atomic E-state index is 14.8. The Kier molecular flexibility index (Phi) is 4.33. The molecule has 0 amide bonds. The minimum atomic E-state index is -4.53. The van der Waals surface area contributed by atoms with Crippen molar-refractivity contribution in [2.24, 2.45) is 5.73 Å². The first-order valence-electron chi connectivity index (χ1n) is 9.79. The number of anilines is 1. The van der Waals surface area contributed by atoms with Crippen molar-refractivity contribution in [3.63, 3.8) is 0 Å². The molecule has 5 nitrogen and oxygen atoms in total. The molecule has 0 saturated carbocycles. The van der Waals surface area contributed by atoms with Crippen LogP contribution in [0, 0.1) is 5.82 Å². The molecular formula is C20H18F6N4O. The molecule has 2 fully saturated rings. The third-order valence-corrected chi connectivity index (χ3v) is 6.18. The van der Waals surface area contributed by atoms with Crippen LogP contribution in [0.4, 0.5) is 32.3 Å². The van der Waals surface area contributed by atoms with Gasteiger partial charge in [0, 0.05) is 29.7 Å². The van der Waals surface area contributed by atoms with Gasteiger partial charge in [-0.1, -0.05) is 12.1 Å². The predicted molar refractivity (Wildman–Crippen MR) is 98.1 cm³/mol. The second-order valence-electron chi connectivity index (χ2n) is 8.29. The third-order valence-electron chi connectivity index (χ3n) is 6.18. The lowest BCUT2D eigenvalue weighted by Gasteiger charge is -2.42. The first-order chi connectivity index (χ1) is 14.5. The van der Waals surface area contributed by atoms with E-state index in [1.807, 2.05) is 0 Å². The van der Waals surface area contributed by atoms with Gasteiger partial charge in [0.2, 0.25) is 5.95 Å². The normalized spacial score (nSPS) is 23.8. The van der Waals surface area contributed by atoms with Gasteiger partial charge in [-0.15, -0.1) is 0 Å². The van der Waals surface area contributed by atoms with Gasteiger partial charge in [-0.2, -0.15) is 22.0 Å². The average molecular weight is 444 g/mol. The highest BCUT2D eigenvalue weighted by Crippen LogP contribution is 2.46. The average Bonchev–Trinajstić information content (AvgIpc) is 2.92. The number of ether oxygens (including phenoxy) is 1. The fraction of sp³-hybridized carbons (Fsp3) is 0.500. The Morgan fingerprint density at radius 2 is 1.90 bits per heavy atom. The fourth-order valence-electron chi connectivity index (χ4n) is 4.29. The zero-order valence-corrected chi connectivity index (χ0v) is 16.1. The number of halogens is 6. The van der Waals surface area contributed by atoms with Gasteiger partial charge in [0.1, 0.15) is 17.6 Å². The number of hydrogen-bond acceptors (Lipinski definition) is 5. The predicted octanol–water partition coefficient (Wildman–Crippen LogP) is 3.65. The van der Waals surface area contributed by atoms with Crippen LogP contribution < -0.4 is 10.6 Å². The Morgan fingerprint density at radius 3 is 2.45 bits per heavy atom. The van der Waals surface area contributed by atoms with Crippen molar-refractivity contribution in [1.82, 2.24) is 9.97 Å². The van der Waals surface area contributed by atoms with Crippen molar-refractivity contribution in [2.75, 3.05) is 24.7 Å². The van der Waals surface area contributed by atoms with E-state index >= 15 is 0 Å². The molecule has 166 valence electrons. The number of rotatable bonds is 3. The topological polar surface area (TPSA) is 64.3 Å². The molecule has 0 bridgehead atoms. The second-order valence-corrected chi connectivity index (χ2v) is 8.29. The Morgan fingerprint density at radius 1 is 1.16 bits per heavy atom. The molecule has 11 heteroatoms. The molecule has 3 aliphatic rings. The molecule has 2 aliphatic heterocycles. The van der Waals surface area contributed by atoms with E-state index in [9.17, 15) is 26.3 Å². The van der Waals surface area contributed by atoms with Crippen molar-refractivity contribution >= 4 is 5.95 Å². The van der Waals surface area contributed by atoms with E-state index in [4.69, 9.17) is 10.5 Å². The molecular weight excluding hydrogens is 426 g/mol. The zero-order valence-electron chi connectivity index (χ0n) is 16.1. The van der Waals surface area contributed by atoms with Gasteiger partial charge in [-0.05, 0) is 18.9 Å². The first kappa shape index (κ1) is 20.5. The maximum absolute atomic E-state index is 14.8. The zero-order chi connectivity index (χ0) is 22.2. The minimum absolute atomic E-state index is 0.00301. The van der Waals surface area contributed by atoms with Gasteiger partial charge < -0.3 is 15.4 Å². The molecule has 1 aromatic heterocycles. The molecule has 2 aromatic rings. The van der Waals surface area contributed by atoms with Gasteiger partial charge >= 0.3 is 6.18 Å². The summed E-state index contributed by atoms with van der Waals surface area (Å²) in [5, 5.41) is 0. The van der Waals surface area contributed by atoms with Crippen LogP contribution in [0.1, 0.15) is 29.7 Å². The van der Waals surface area contributed by atoms with Crippen LogP contribution in [0.2, 0.25) is 0 Å². The van der Waals surface area contributed by atoms with Gasteiger partial charge in [0.15, 0.2) is 0 Å². The summed E-state index contributed by atoms with van der Waals surface area (Å²) in [4.78, 5) is 8.87. The van der Waals surface area contributed by atoms with E-state index in [0.29, 0.717) is 0 Å². The first-order valence-corrected chi connectivity index (χ1v) is 9.79. The molecule has 2 saturated heterocycles. The monoisotopic (exact) mass is 444 g/mol. The van der Waals surface area contributed by atoms with E-state index < -0.39 is 47.6 Å². The number of aromatic nitrogens is 2. The standard InChI is InChI=1S/C20H18F6N4O/c21-13-7-10(1-2-12(13)18(27)8-31-9-18)15-11-3-5-19(22,23)16(11)29-17(28-15)30-6-4-14(30)20(24,25)26/h1-2,7,14H,3-6,8-9,27H2/t14-/m1/s1. The van der Waals surface area contributed by atoms with E-state index in [2.05, 4.69) is 9.97 Å². The minimum Gasteiger partial charge on any atom is -0.377 e. The Balaban J connectivity index is 1.61. The Bertz CT molecular complexity index is 1050. The van der Waals surface area contributed by atoms with E-state index in [-0.39, 0.29) is 55.0 Å². The maximum Gasteiger partial charge on any atom is 0.408 e. The van der Waals surface area contributed by atoms with Crippen LogP contribution in [0.5, 0.6) is 0 Å². The SMILES string of the molecule is NC1(c2ccc(-c3nc(N4CC[C@@H]4C(F)(F)F)nc4c3CCC4(F)F)cc2F)COC1. The number of benzene rings is 1. The van der Waals surface area contributed by atoms with Crippen molar-refractivity contribution in [1.29, 1.82) is 0 Å². The van der Waals surface area contributed by atoms with Crippen molar-refractivity contribution in [2.45, 2.75) is 42.9 Å². The number of fused-ring (bicyclic) bond motifs is 1. The fourth-order valence-corrected chi connectivity index (χ4v) is 4.29. The summed E-state index contributed by atoms with van der Waals surface area (Å²) in [5.74, 6) is -4.36. The highest BCUT2D eigenvalue weighted by Gasteiger charge is 2.51. The van der Waals surface area contributed by atoms with Crippen LogP contribution in [0.25, 0.3) is 11.3 Å². The largest absolute Gasteiger partial charge is 0.408 e. The van der Waals surface area contributed by atoms with Crippen molar-refractivity contribution in [3.8, 4) is 11.3 Å². The van der Waals surface area contributed by atoms with Crippen LogP contribution in [0.15, 0.2) is 18.2 Å². The Labute approximate surface area is 173 Å². The van der Waals surface area contributed by atoms with E-state index in [1.165, 1.54) is 12.1 Å². The smallest absolute Gasteiger partial charge is 0.377 e. The summed E-state index contributed by atoms with van der Waals surface area (Å²) in [6.45, 7) is 0.295. The lowest BCUT2D eigenvalue weighted by molar-refractivity contribution is -0.160. The second kappa shape index (κ2) is 6.55. The lowest BCUT2D eigenvalue weighted by Crippen LogP contribution is -2.56. The molecule has 3 heterocycles. The van der Waals surface area contributed by atoms with Gasteiger partial charge in [0.25, 0.3) is 5.92 Å². The number of alkyl halides is 5. The molecule has 0 radical (unpaired) electrons. The molecule has 5 rings (SSSR count). The Hall–Kier alpha value is -2.40. The van der Waals surface area contributed by atoms with E-state index in [1.54, 1.807) is 0 Å². The molecule has 0 spiro atoms. The molecule has 1 aromatic carbocycles. The molecule has 0 unspecified atom stereocenters. The number of nitrogens with zero attached hydrogens (tertiary/aromatic N) is 3. The summed E-state index contributed by atoms with van der Waals surface area (Å²) in [6.07, 6.45) is -5.28. The number of hydrogen-bond donors (Lipinski definition) is 1.